The number of aromatic nitrogens is 1. The Labute approximate surface area is 204 Å². The Kier molecular flexibility index (Phi) is 5.69. The van der Waals surface area contributed by atoms with Crippen LogP contribution < -0.4 is 5.73 Å². The van der Waals surface area contributed by atoms with Crippen molar-refractivity contribution in [2.45, 2.75) is 35.3 Å². The lowest BCUT2D eigenvalue weighted by Crippen LogP contribution is -2.10. The number of hydrogen-bond acceptors (Lipinski definition) is 5. The molecule has 3 aromatic heterocycles. The van der Waals surface area contributed by atoms with Gasteiger partial charge in [0.2, 0.25) is 0 Å². The van der Waals surface area contributed by atoms with Crippen LogP contribution in [0.2, 0.25) is 0 Å². The summed E-state index contributed by atoms with van der Waals surface area (Å²) < 4.78 is 14.2. The van der Waals surface area contributed by atoms with Gasteiger partial charge in [-0.05, 0) is 51.8 Å². The van der Waals surface area contributed by atoms with Gasteiger partial charge in [0.05, 0.1) is 27.1 Å². The highest BCUT2D eigenvalue weighted by molar-refractivity contribution is 7.87. The summed E-state index contributed by atoms with van der Waals surface area (Å²) in [4.78, 5) is 7.58. The molecular weight excluding hydrogens is 465 g/mol. The number of thiophene rings is 2. The molecular formula is C27H24N2OS3. The third kappa shape index (κ3) is 4.14. The molecule has 0 aliphatic heterocycles. The maximum Gasteiger partial charge on any atom is 0.127 e. The molecule has 0 radical (unpaired) electrons. The highest BCUT2D eigenvalue weighted by Gasteiger charge is 2.22. The van der Waals surface area contributed by atoms with Gasteiger partial charge in [-0.15, -0.1) is 22.7 Å². The summed E-state index contributed by atoms with van der Waals surface area (Å²) in [6.07, 6.45) is 0. The van der Waals surface area contributed by atoms with E-state index < -0.39 is 10.8 Å². The van der Waals surface area contributed by atoms with Gasteiger partial charge in [0.25, 0.3) is 0 Å². The topological polar surface area (TPSA) is 56.0 Å². The number of pyridine rings is 1. The minimum atomic E-state index is -1.38. The molecule has 166 valence electrons. The zero-order valence-corrected chi connectivity index (χ0v) is 21.1. The zero-order chi connectivity index (χ0) is 23.2. The molecule has 2 N–H and O–H groups in total. The molecule has 3 heterocycles. The average Bonchev–Trinajstić information content (AvgIpc) is 3.47. The van der Waals surface area contributed by atoms with Gasteiger partial charge in [-0.25, -0.2) is 9.19 Å². The van der Waals surface area contributed by atoms with Gasteiger partial charge in [-0.3, -0.25) is 0 Å². The van der Waals surface area contributed by atoms with Gasteiger partial charge in [0.1, 0.15) is 9.04 Å². The van der Waals surface area contributed by atoms with Crippen molar-refractivity contribution < 1.29 is 4.21 Å². The summed E-state index contributed by atoms with van der Waals surface area (Å²) in [5, 5.41) is 2.93. The van der Waals surface area contributed by atoms with E-state index in [-0.39, 0.29) is 5.41 Å². The Morgan fingerprint density at radius 2 is 1.67 bits per heavy atom. The molecule has 0 fully saturated rings. The fourth-order valence-corrected chi connectivity index (χ4v) is 7.09. The molecule has 33 heavy (non-hydrogen) atoms. The van der Waals surface area contributed by atoms with Gasteiger partial charge in [0, 0.05) is 10.3 Å². The number of anilines is 1. The van der Waals surface area contributed by atoms with E-state index in [2.05, 4.69) is 57.2 Å². The molecule has 1 atom stereocenters. The lowest BCUT2D eigenvalue weighted by Gasteiger charge is -2.19. The Balaban J connectivity index is 1.67. The van der Waals surface area contributed by atoms with Gasteiger partial charge in [-0.1, -0.05) is 69.3 Å². The summed E-state index contributed by atoms with van der Waals surface area (Å²) in [6, 6.07) is 24.4. The molecule has 0 unspecified atom stereocenters. The van der Waals surface area contributed by atoms with Crippen LogP contribution in [0.15, 0.2) is 87.3 Å². The fraction of sp³-hybridized carbons (Fsp3) is 0.148. The van der Waals surface area contributed by atoms with Crippen molar-refractivity contribution in [1.29, 1.82) is 0 Å². The Morgan fingerprint density at radius 3 is 2.30 bits per heavy atom. The van der Waals surface area contributed by atoms with Crippen LogP contribution in [-0.4, -0.2) is 9.19 Å². The second-order valence-electron chi connectivity index (χ2n) is 8.92. The third-order valence-electron chi connectivity index (χ3n) is 5.63. The van der Waals surface area contributed by atoms with E-state index in [1.165, 1.54) is 16.9 Å². The first-order valence-electron chi connectivity index (χ1n) is 10.7. The van der Waals surface area contributed by atoms with E-state index in [1.54, 1.807) is 11.3 Å². The molecule has 5 rings (SSSR count). The zero-order valence-electron chi connectivity index (χ0n) is 18.7. The van der Waals surface area contributed by atoms with E-state index >= 15 is 0 Å². The van der Waals surface area contributed by atoms with E-state index in [0.29, 0.717) is 9.90 Å². The van der Waals surface area contributed by atoms with Crippen molar-refractivity contribution in [2.75, 3.05) is 5.73 Å². The smallest absolute Gasteiger partial charge is 0.127 e. The average molecular weight is 489 g/mol. The normalized spacial score (nSPS) is 12.8. The predicted molar refractivity (Wildman–Crippen MR) is 143 cm³/mol. The molecule has 0 saturated carbocycles. The molecule has 0 aliphatic rings. The fourth-order valence-electron chi connectivity index (χ4n) is 3.82. The summed E-state index contributed by atoms with van der Waals surface area (Å²) in [5.41, 5.74) is 11.5. The summed E-state index contributed by atoms with van der Waals surface area (Å²) in [5.74, 6) is 0. The van der Waals surface area contributed by atoms with Gasteiger partial charge >= 0.3 is 0 Å². The van der Waals surface area contributed by atoms with E-state index in [9.17, 15) is 4.21 Å². The highest BCUT2D eigenvalue weighted by Crippen LogP contribution is 2.44. The predicted octanol–water partition coefficient (Wildman–Crippen LogP) is 7.74. The summed E-state index contributed by atoms with van der Waals surface area (Å²) in [7, 11) is -1.38. The molecule has 6 heteroatoms. The van der Waals surface area contributed by atoms with Crippen LogP contribution in [-0.2, 0) is 16.2 Å². The highest BCUT2D eigenvalue weighted by atomic mass is 32.2. The number of rotatable bonds is 4. The quantitative estimate of drug-likeness (QED) is 0.281. The number of nitrogen functional groups attached to an aromatic ring is 1. The number of nitrogens with zero attached hydrogens (tertiary/aromatic N) is 1. The first kappa shape index (κ1) is 22.0. The first-order chi connectivity index (χ1) is 15.8. The molecule has 3 nitrogen and oxygen atoms in total. The maximum atomic E-state index is 13.6. The lowest BCUT2D eigenvalue weighted by atomic mass is 9.87. The number of hydrogen-bond donors (Lipinski definition) is 1. The van der Waals surface area contributed by atoms with Crippen LogP contribution in [0, 0.1) is 0 Å². The van der Waals surface area contributed by atoms with Crippen molar-refractivity contribution in [3.63, 3.8) is 0 Å². The maximum absolute atomic E-state index is 13.6. The third-order valence-corrected chi connectivity index (χ3v) is 9.37. The minimum absolute atomic E-state index is 0.0450. The van der Waals surface area contributed by atoms with Gasteiger partial charge in [-0.2, -0.15) is 0 Å². The number of fused-ring (bicyclic) bond motifs is 1. The SMILES string of the molecule is CC(C)(C)c1ccc([S@@](=O)c2sc3nc(-c4cccs4)cc(-c4ccccc4)c3c2N)cc1. The van der Waals surface area contributed by atoms with Gasteiger partial charge in [0.15, 0.2) is 0 Å². The van der Waals surface area contributed by atoms with E-state index in [4.69, 9.17) is 10.7 Å². The molecule has 0 bridgehead atoms. The Morgan fingerprint density at radius 1 is 0.939 bits per heavy atom. The van der Waals surface area contributed by atoms with Crippen molar-refractivity contribution in [2.24, 2.45) is 0 Å². The first-order valence-corrected chi connectivity index (χ1v) is 13.5. The van der Waals surface area contributed by atoms with E-state index in [0.717, 1.165) is 36.8 Å². The van der Waals surface area contributed by atoms with Crippen LogP contribution in [0.25, 0.3) is 31.9 Å². The largest absolute Gasteiger partial charge is 0.396 e. The molecule has 5 aromatic rings. The Bertz CT molecular complexity index is 1450. The van der Waals surface area contributed by atoms with Gasteiger partial charge < -0.3 is 5.73 Å². The molecule has 0 spiro atoms. The van der Waals surface area contributed by atoms with Crippen molar-refractivity contribution >= 4 is 49.4 Å². The summed E-state index contributed by atoms with van der Waals surface area (Å²) in [6.45, 7) is 6.51. The Hall–Kier alpha value is -2.80. The van der Waals surface area contributed by atoms with Crippen LogP contribution in [0.4, 0.5) is 5.69 Å². The molecule has 0 saturated heterocycles. The van der Waals surface area contributed by atoms with Crippen LogP contribution in [0.5, 0.6) is 0 Å². The van der Waals surface area contributed by atoms with Crippen molar-refractivity contribution in [3.8, 4) is 21.7 Å². The number of benzene rings is 2. The summed E-state index contributed by atoms with van der Waals surface area (Å²) >= 11 is 3.08. The standard InChI is InChI=1S/C27H24N2OS3/c1-27(2,3)18-11-13-19(14-12-18)33(30)26-24(28)23-20(17-8-5-4-6-9-17)16-21(29-25(23)32-26)22-10-7-15-31-22/h4-16H,28H2,1-3H3/t33-/m1/s1. The van der Waals surface area contributed by atoms with Crippen molar-refractivity contribution in [1.82, 2.24) is 4.98 Å². The van der Waals surface area contributed by atoms with Crippen molar-refractivity contribution in [3.05, 3.63) is 83.7 Å². The monoisotopic (exact) mass is 488 g/mol. The second kappa shape index (κ2) is 8.52. The number of nitrogens with two attached hydrogens (primary N) is 1. The lowest BCUT2D eigenvalue weighted by molar-refractivity contribution is 0.589. The minimum Gasteiger partial charge on any atom is -0.396 e. The van der Waals surface area contributed by atoms with Crippen LogP contribution >= 0.6 is 22.7 Å². The molecule has 2 aromatic carbocycles. The van der Waals surface area contributed by atoms with Crippen LogP contribution in [0.3, 0.4) is 0 Å². The van der Waals surface area contributed by atoms with Crippen LogP contribution in [0.1, 0.15) is 26.3 Å². The second-order valence-corrected chi connectivity index (χ2v) is 12.5. The molecule has 0 aliphatic carbocycles. The molecule has 0 amide bonds. The van der Waals surface area contributed by atoms with E-state index in [1.807, 2.05) is 41.8 Å².